The number of aromatic amines is 1. The molecule has 6 heteroatoms. The average Bonchev–Trinajstić information content (AvgIpc) is 3.19. The number of pyridine rings is 1. The van der Waals surface area contributed by atoms with Crippen molar-refractivity contribution in [2.75, 3.05) is 5.32 Å². The van der Waals surface area contributed by atoms with Gasteiger partial charge < -0.3 is 11.1 Å². The van der Waals surface area contributed by atoms with E-state index >= 15 is 0 Å². The number of nitrogens with one attached hydrogen (secondary N) is 2. The first-order chi connectivity index (χ1) is 15.4. The van der Waals surface area contributed by atoms with Gasteiger partial charge in [-0.2, -0.15) is 5.10 Å². The highest BCUT2D eigenvalue weighted by atomic mass is 16.1. The van der Waals surface area contributed by atoms with Crippen LogP contribution in [0.1, 0.15) is 43.9 Å². The maximum atomic E-state index is 12.2. The summed E-state index contributed by atoms with van der Waals surface area (Å²) < 4.78 is 0. The van der Waals surface area contributed by atoms with Gasteiger partial charge in [-0.05, 0) is 60.7 Å². The first kappa shape index (κ1) is 21.3. The number of carbonyl (C=O) groups excluding carboxylic acids is 1. The predicted octanol–water partition coefficient (Wildman–Crippen LogP) is 4.70. The van der Waals surface area contributed by atoms with Gasteiger partial charge in [0.05, 0.1) is 11.4 Å². The standard InChI is InChI=1S/C26H27N5O/c1-16-12-20(13-17(2)18(16)3)15-29-26-24(25(27)32)23(30-31-26)14-19-7-9-21(10-8-19)22-6-4-5-11-28-22/h4-13H,14-15H2,1-3H3,(H2,27,32)(H2,29,30,31). The number of nitrogens with two attached hydrogens (primary N) is 1. The van der Waals surface area contributed by atoms with Crippen molar-refractivity contribution in [3.8, 4) is 11.3 Å². The van der Waals surface area contributed by atoms with Gasteiger partial charge in [0, 0.05) is 24.7 Å². The van der Waals surface area contributed by atoms with Crippen molar-refractivity contribution in [1.29, 1.82) is 0 Å². The van der Waals surface area contributed by atoms with E-state index in [2.05, 4.69) is 53.4 Å². The highest BCUT2D eigenvalue weighted by Gasteiger charge is 2.18. The van der Waals surface area contributed by atoms with Crippen LogP contribution in [0.4, 0.5) is 5.82 Å². The number of aryl methyl sites for hydroxylation is 2. The Morgan fingerprint density at radius 3 is 2.34 bits per heavy atom. The summed E-state index contributed by atoms with van der Waals surface area (Å²) in [6.07, 6.45) is 2.30. The SMILES string of the molecule is Cc1cc(CNc2n[nH]c(Cc3ccc(-c4ccccn4)cc3)c2C(N)=O)cc(C)c1C. The number of rotatable bonds is 7. The first-order valence-corrected chi connectivity index (χ1v) is 10.6. The Bertz CT molecular complexity index is 1220. The fourth-order valence-corrected chi connectivity index (χ4v) is 3.84. The molecule has 4 aromatic rings. The van der Waals surface area contributed by atoms with Crippen molar-refractivity contribution in [3.63, 3.8) is 0 Å². The minimum Gasteiger partial charge on any atom is -0.365 e. The van der Waals surface area contributed by atoms with Crippen molar-refractivity contribution >= 4 is 11.7 Å². The molecule has 0 radical (unpaired) electrons. The highest BCUT2D eigenvalue weighted by Crippen LogP contribution is 2.23. The quantitative estimate of drug-likeness (QED) is 0.400. The van der Waals surface area contributed by atoms with Crippen LogP contribution in [0, 0.1) is 20.8 Å². The van der Waals surface area contributed by atoms with Gasteiger partial charge in [0.2, 0.25) is 0 Å². The Balaban J connectivity index is 1.51. The van der Waals surface area contributed by atoms with E-state index in [0.29, 0.717) is 30.0 Å². The molecule has 0 bridgehead atoms. The number of primary amides is 1. The van der Waals surface area contributed by atoms with Crippen LogP contribution in [0.15, 0.2) is 60.8 Å². The van der Waals surface area contributed by atoms with Gasteiger partial charge in [0.15, 0.2) is 5.82 Å². The Morgan fingerprint density at radius 2 is 1.72 bits per heavy atom. The zero-order valence-electron chi connectivity index (χ0n) is 18.6. The first-order valence-electron chi connectivity index (χ1n) is 10.6. The highest BCUT2D eigenvalue weighted by molar-refractivity contribution is 5.99. The second-order valence-electron chi connectivity index (χ2n) is 8.09. The summed E-state index contributed by atoms with van der Waals surface area (Å²) in [6, 6.07) is 18.2. The van der Waals surface area contributed by atoms with Crippen LogP contribution in [0.5, 0.6) is 0 Å². The molecule has 4 N–H and O–H groups in total. The average molecular weight is 426 g/mol. The van der Waals surface area contributed by atoms with Gasteiger partial charge in [-0.25, -0.2) is 0 Å². The Hall–Kier alpha value is -3.93. The molecule has 6 nitrogen and oxygen atoms in total. The lowest BCUT2D eigenvalue weighted by molar-refractivity contribution is 0.100. The number of carbonyl (C=O) groups is 1. The fraction of sp³-hybridized carbons (Fsp3) is 0.192. The van der Waals surface area contributed by atoms with Crippen LogP contribution in [-0.2, 0) is 13.0 Å². The molecule has 0 aliphatic rings. The molecule has 2 aromatic carbocycles. The van der Waals surface area contributed by atoms with Crippen molar-refractivity contribution in [2.45, 2.75) is 33.7 Å². The predicted molar refractivity (Wildman–Crippen MR) is 128 cm³/mol. The summed E-state index contributed by atoms with van der Waals surface area (Å²) in [7, 11) is 0. The smallest absolute Gasteiger partial charge is 0.254 e. The normalized spacial score (nSPS) is 10.8. The number of nitrogens with zero attached hydrogens (tertiary/aromatic N) is 2. The zero-order chi connectivity index (χ0) is 22.7. The molecule has 0 spiro atoms. The number of aromatic nitrogens is 3. The van der Waals surface area contributed by atoms with Crippen LogP contribution < -0.4 is 11.1 Å². The van der Waals surface area contributed by atoms with Gasteiger partial charge in [-0.1, -0.05) is 42.5 Å². The lowest BCUT2D eigenvalue weighted by Gasteiger charge is -2.10. The third-order valence-corrected chi connectivity index (χ3v) is 5.83. The minimum absolute atomic E-state index is 0.402. The Morgan fingerprint density at radius 1 is 1.00 bits per heavy atom. The molecule has 0 saturated heterocycles. The molecule has 0 aliphatic carbocycles. The zero-order valence-corrected chi connectivity index (χ0v) is 18.6. The van der Waals surface area contributed by atoms with E-state index in [1.165, 1.54) is 16.7 Å². The topological polar surface area (TPSA) is 96.7 Å². The number of H-pyrrole nitrogens is 1. The van der Waals surface area contributed by atoms with Crippen LogP contribution in [0.25, 0.3) is 11.3 Å². The molecule has 4 rings (SSSR count). The van der Waals surface area contributed by atoms with Crippen molar-refractivity contribution in [2.24, 2.45) is 5.73 Å². The van der Waals surface area contributed by atoms with Gasteiger partial charge >= 0.3 is 0 Å². The van der Waals surface area contributed by atoms with Gasteiger partial charge in [-0.15, -0.1) is 0 Å². The summed E-state index contributed by atoms with van der Waals surface area (Å²) >= 11 is 0. The fourth-order valence-electron chi connectivity index (χ4n) is 3.84. The lowest BCUT2D eigenvalue weighted by atomic mass is 10.0. The molecule has 1 amide bonds. The molecular formula is C26H27N5O. The summed E-state index contributed by atoms with van der Waals surface area (Å²) in [5.41, 5.74) is 14.7. The van der Waals surface area contributed by atoms with E-state index in [0.717, 1.165) is 22.4 Å². The Kier molecular flexibility index (Phi) is 6.03. The molecule has 0 unspecified atom stereocenters. The van der Waals surface area contributed by atoms with Gasteiger partial charge in [-0.3, -0.25) is 14.9 Å². The van der Waals surface area contributed by atoms with Gasteiger partial charge in [0.1, 0.15) is 5.56 Å². The molecule has 162 valence electrons. The maximum absolute atomic E-state index is 12.2. The lowest BCUT2D eigenvalue weighted by Crippen LogP contribution is -2.15. The molecule has 0 saturated carbocycles. The summed E-state index contributed by atoms with van der Waals surface area (Å²) in [6.45, 7) is 6.89. The van der Waals surface area contributed by atoms with E-state index in [-0.39, 0.29) is 0 Å². The van der Waals surface area contributed by atoms with Crippen LogP contribution in [-0.4, -0.2) is 21.1 Å². The van der Waals surface area contributed by atoms with E-state index < -0.39 is 5.91 Å². The van der Waals surface area contributed by atoms with E-state index in [9.17, 15) is 4.79 Å². The van der Waals surface area contributed by atoms with Crippen LogP contribution in [0.2, 0.25) is 0 Å². The summed E-state index contributed by atoms with van der Waals surface area (Å²) in [4.78, 5) is 16.6. The Labute approximate surface area is 187 Å². The molecule has 2 aromatic heterocycles. The van der Waals surface area contributed by atoms with Crippen molar-refractivity contribution < 1.29 is 4.79 Å². The molecular weight excluding hydrogens is 398 g/mol. The summed E-state index contributed by atoms with van der Waals surface area (Å²) in [5, 5.41) is 10.6. The van der Waals surface area contributed by atoms with E-state index in [1.54, 1.807) is 6.20 Å². The van der Waals surface area contributed by atoms with Crippen molar-refractivity contribution in [3.05, 3.63) is 99.9 Å². The molecule has 0 fully saturated rings. The monoisotopic (exact) mass is 425 g/mol. The number of hydrogen-bond donors (Lipinski definition) is 3. The summed E-state index contributed by atoms with van der Waals surface area (Å²) in [5.74, 6) is -0.0221. The largest absolute Gasteiger partial charge is 0.365 e. The second kappa shape index (κ2) is 9.06. The maximum Gasteiger partial charge on any atom is 0.254 e. The minimum atomic E-state index is -0.502. The van der Waals surface area contributed by atoms with Crippen LogP contribution >= 0.6 is 0 Å². The van der Waals surface area contributed by atoms with Gasteiger partial charge in [0.25, 0.3) is 5.91 Å². The molecule has 0 atom stereocenters. The number of hydrogen-bond acceptors (Lipinski definition) is 4. The van der Waals surface area contributed by atoms with Crippen molar-refractivity contribution in [1.82, 2.24) is 15.2 Å². The number of anilines is 1. The molecule has 32 heavy (non-hydrogen) atoms. The number of amides is 1. The third kappa shape index (κ3) is 4.54. The number of benzene rings is 2. The third-order valence-electron chi connectivity index (χ3n) is 5.83. The molecule has 0 aliphatic heterocycles. The molecule has 2 heterocycles. The van der Waals surface area contributed by atoms with E-state index in [1.807, 2.05) is 42.5 Å². The van der Waals surface area contributed by atoms with Crippen LogP contribution in [0.3, 0.4) is 0 Å². The van der Waals surface area contributed by atoms with E-state index in [4.69, 9.17) is 5.73 Å². The second-order valence-corrected chi connectivity index (χ2v) is 8.09.